The Balaban J connectivity index is 1.38. The van der Waals surface area contributed by atoms with Crippen molar-refractivity contribution < 1.29 is 14.3 Å². The Bertz CT molecular complexity index is 1240. The van der Waals surface area contributed by atoms with Crippen LogP contribution in [0, 0.1) is 6.92 Å². The summed E-state index contributed by atoms with van der Waals surface area (Å²) < 4.78 is 14.5. The first-order valence-electron chi connectivity index (χ1n) is 9.36. The number of fused-ring (bicyclic) bond motifs is 2. The number of carbonyl (C=O) groups excluding carboxylic acids is 1. The van der Waals surface area contributed by atoms with Crippen LogP contribution in [-0.4, -0.2) is 27.0 Å². The summed E-state index contributed by atoms with van der Waals surface area (Å²) in [6.07, 6.45) is 1.93. The number of rotatable bonds is 4. The van der Waals surface area contributed by atoms with E-state index in [-0.39, 0.29) is 19.2 Å². The van der Waals surface area contributed by atoms with E-state index in [0.717, 1.165) is 39.2 Å². The molecule has 29 heavy (non-hydrogen) atoms. The molecular formula is C22H20N4O3. The van der Waals surface area contributed by atoms with Gasteiger partial charge in [-0.2, -0.15) is 5.10 Å². The molecule has 0 atom stereocenters. The fraction of sp³-hybridized carbons (Fsp3) is 0.182. The molecular weight excluding hydrogens is 368 g/mol. The monoisotopic (exact) mass is 388 g/mol. The van der Waals surface area contributed by atoms with Crippen molar-refractivity contribution in [3.05, 3.63) is 60.4 Å². The van der Waals surface area contributed by atoms with Gasteiger partial charge in [-0.15, -0.1) is 0 Å². The SMILES string of the molecule is Cc1cc(NC(=O)Cn2ccc3cc(-c4ccc5c(c4)OCO5)ccc32)n(C)n1. The van der Waals surface area contributed by atoms with Crippen LogP contribution in [0.15, 0.2) is 54.7 Å². The highest BCUT2D eigenvalue weighted by atomic mass is 16.7. The number of hydrogen-bond donors (Lipinski definition) is 1. The summed E-state index contributed by atoms with van der Waals surface area (Å²) >= 11 is 0. The molecule has 0 unspecified atom stereocenters. The number of nitrogens with zero attached hydrogens (tertiary/aromatic N) is 3. The van der Waals surface area contributed by atoms with Crippen LogP contribution in [0.25, 0.3) is 22.0 Å². The lowest BCUT2D eigenvalue weighted by Gasteiger charge is -2.08. The van der Waals surface area contributed by atoms with Crippen LogP contribution in [0.1, 0.15) is 5.69 Å². The molecule has 1 aliphatic rings. The molecule has 146 valence electrons. The molecule has 1 N–H and O–H groups in total. The number of nitrogens with one attached hydrogen (secondary N) is 1. The van der Waals surface area contributed by atoms with E-state index in [1.165, 1.54) is 0 Å². The Morgan fingerprint density at radius 1 is 1.07 bits per heavy atom. The fourth-order valence-electron chi connectivity index (χ4n) is 3.66. The topological polar surface area (TPSA) is 70.3 Å². The van der Waals surface area contributed by atoms with Crippen LogP contribution in [0.5, 0.6) is 11.5 Å². The van der Waals surface area contributed by atoms with Crippen LogP contribution in [0.3, 0.4) is 0 Å². The van der Waals surface area contributed by atoms with Gasteiger partial charge in [0.1, 0.15) is 12.4 Å². The summed E-state index contributed by atoms with van der Waals surface area (Å²) in [6.45, 7) is 2.39. The maximum atomic E-state index is 12.5. The molecule has 5 rings (SSSR count). The van der Waals surface area contributed by atoms with Crippen molar-refractivity contribution in [2.45, 2.75) is 13.5 Å². The molecule has 0 fully saturated rings. The van der Waals surface area contributed by atoms with Gasteiger partial charge in [-0.25, -0.2) is 0 Å². The van der Waals surface area contributed by atoms with Crippen molar-refractivity contribution in [2.75, 3.05) is 12.1 Å². The minimum Gasteiger partial charge on any atom is -0.454 e. The van der Waals surface area contributed by atoms with E-state index in [1.807, 2.05) is 61.1 Å². The van der Waals surface area contributed by atoms with Crippen molar-refractivity contribution in [2.24, 2.45) is 7.05 Å². The van der Waals surface area contributed by atoms with Gasteiger partial charge in [0, 0.05) is 30.2 Å². The van der Waals surface area contributed by atoms with E-state index in [2.05, 4.69) is 22.5 Å². The van der Waals surface area contributed by atoms with Gasteiger partial charge in [-0.3, -0.25) is 9.48 Å². The zero-order valence-corrected chi connectivity index (χ0v) is 16.2. The predicted octanol–water partition coefficient (Wildman–Crippen LogP) is 3.72. The van der Waals surface area contributed by atoms with Crippen LogP contribution in [-0.2, 0) is 18.4 Å². The molecule has 2 aromatic heterocycles. The summed E-state index contributed by atoms with van der Waals surface area (Å²) in [4.78, 5) is 12.5. The third-order valence-electron chi connectivity index (χ3n) is 5.06. The van der Waals surface area contributed by atoms with E-state index in [9.17, 15) is 4.79 Å². The van der Waals surface area contributed by atoms with Crippen LogP contribution < -0.4 is 14.8 Å². The van der Waals surface area contributed by atoms with E-state index >= 15 is 0 Å². The van der Waals surface area contributed by atoms with E-state index in [0.29, 0.717) is 5.82 Å². The summed E-state index contributed by atoms with van der Waals surface area (Å²) in [7, 11) is 1.81. The molecule has 0 spiro atoms. The Kier molecular flexibility index (Phi) is 4.01. The highest BCUT2D eigenvalue weighted by molar-refractivity contribution is 5.92. The van der Waals surface area contributed by atoms with Crippen molar-refractivity contribution in [3.8, 4) is 22.6 Å². The molecule has 7 heteroatoms. The van der Waals surface area contributed by atoms with Gasteiger partial charge in [0.2, 0.25) is 12.7 Å². The molecule has 3 heterocycles. The van der Waals surface area contributed by atoms with Crippen LogP contribution in [0.2, 0.25) is 0 Å². The standard InChI is InChI=1S/C22H20N4O3/c1-14-9-21(25(2)24-14)23-22(27)12-26-8-7-17-10-15(3-5-18(17)26)16-4-6-19-20(11-16)29-13-28-19/h3-11H,12-13H2,1-2H3,(H,23,27). The Morgan fingerprint density at radius 2 is 1.86 bits per heavy atom. The normalized spacial score (nSPS) is 12.5. The van der Waals surface area contributed by atoms with Crippen molar-refractivity contribution in [3.63, 3.8) is 0 Å². The van der Waals surface area contributed by atoms with Crippen LogP contribution >= 0.6 is 0 Å². The van der Waals surface area contributed by atoms with E-state index < -0.39 is 0 Å². The molecule has 1 aliphatic heterocycles. The lowest BCUT2D eigenvalue weighted by atomic mass is 10.0. The second-order valence-corrected chi connectivity index (χ2v) is 7.13. The number of aromatic nitrogens is 3. The number of amides is 1. The zero-order valence-electron chi connectivity index (χ0n) is 16.2. The first kappa shape index (κ1) is 17.4. The second kappa shape index (κ2) is 6.70. The second-order valence-electron chi connectivity index (χ2n) is 7.13. The number of carbonyl (C=O) groups is 1. The summed E-state index contributed by atoms with van der Waals surface area (Å²) in [5.41, 5.74) is 4.02. The molecule has 4 aromatic rings. The lowest BCUT2D eigenvalue weighted by molar-refractivity contribution is -0.116. The molecule has 7 nitrogen and oxygen atoms in total. The average molecular weight is 388 g/mol. The average Bonchev–Trinajstić information content (AvgIpc) is 3.40. The zero-order chi connectivity index (χ0) is 20.0. The third kappa shape index (κ3) is 3.20. The van der Waals surface area contributed by atoms with Gasteiger partial charge in [-0.1, -0.05) is 12.1 Å². The summed E-state index contributed by atoms with van der Waals surface area (Å²) in [5, 5.41) is 8.23. The third-order valence-corrected chi connectivity index (χ3v) is 5.06. The molecule has 0 radical (unpaired) electrons. The number of ether oxygens (including phenoxy) is 2. The van der Waals surface area contributed by atoms with Crippen molar-refractivity contribution in [1.29, 1.82) is 0 Å². The maximum absolute atomic E-state index is 12.5. The number of anilines is 1. The Labute approximate surface area is 167 Å². The van der Waals surface area contributed by atoms with Gasteiger partial charge in [0.25, 0.3) is 0 Å². The first-order valence-corrected chi connectivity index (χ1v) is 9.36. The number of aryl methyl sites for hydroxylation is 2. The predicted molar refractivity (Wildman–Crippen MR) is 110 cm³/mol. The smallest absolute Gasteiger partial charge is 0.245 e. The molecule has 0 bridgehead atoms. The molecule has 0 saturated carbocycles. The van der Waals surface area contributed by atoms with E-state index in [1.54, 1.807) is 4.68 Å². The maximum Gasteiger partial charge on any atom is 0.245 e. The van der Waals surface area contributed by atoms with Gasteiger partial charge >= 0.3 is 0 Å². The Morgan fingerprint density at radius 3 is 2.69 bits per heavy atom. The summed E-state index contributed by atoms with van der Waals surface area (Å²) in [5.74, 6) is 2.14. The van der Waals surface area contributed by atoms with Crippen LogP contribution in [0.4, 0.5) is 5.82 Å². The minimum atomic E-state index is -0.0923. The first-order chi connectivity index (χ1) is 14.1. The minimum absolute atomic E-state index is 0.0923. The molecule has 0 saturated heterocycles. The summed E-state index contributed by atoms with van der Waals surface area (Å²) in [6, 6.07) is 16.0. The van der Waals surface area contributed by atoms with Crippen molar-refractivity contribution >= 4 is 22.6 Å². The largest absolute Gasteiger partial charge is 0.454 e. The molecule has 0 aliphatic carbocycles. The van der Waals surface area contributed by atoms with Gasteiger partial charge in [-0.05, 0) is 48.4 Å². The lowest BCUT2D eigenvalue weighted by Crippen LogP contribution is -2.19. The van der Waals surface area contributed by atoms with Gasteiger partial charge < -0.3 is 19.4 Å². The van der Waals surface area contributed by atoms with Crippen molar-refractivity contribution in [1.82, 2.24) is 14.3 Å². The Hall–Kier alpha value is -3.74. The van der Waals surface area contributed by atoms with Gasteiger partial charge in [0.15, 0.2) is 11.5 Å². The quantitative estimate of drug-likeness (QED) is 0.579. The molecule has 1 amide bonds. The number of benzene rings is 2. The molecule has 2 aromatic carbocycles. The van der Waals surface area contributed by atoms with E-state index in [4.69, 9.17) is 9.47 Å². The van der Waals surface area contributed by atoms with Gasteiger partial charge in [0.05, 0.1) is 5.69 Å². The highest BCUT2D eigenvalue weighted by Gasteiger charge is 2.15. The highest BCUT2D eigenvalue weighted by Crippen LogP contribution is 2.36. The fourth-order valence-corrected chi connectivity index (χ4v) is 3.66. The number of hydrogen-bond acceptors (Lipinski definition) is 4.